The Morgan fingerprint density at radius 2 is 2.05 bits per heavy atom. The van der Waals surface area contributed by atoms with Crippen LogP contribution >= 0.6 is 11.6 Å². The van der Waals surface area contributed by atoms with Gasteiger partial charge in [0.15, 0.2) is 0 Å². The van der Waals surface area contributed by atoms with E-state index in [4.69, 9.17) is 17.4 Å². The van der Waals surface area contributed by atoms with Crippen molar-refractivity contribution in [2.75, 3.05) is 0 Å². The van der Waals surface area contributed by atoms with Crippen LogP contribution in [-0.2, 0) is 6.42 Å². The van der Waals surface area contributed by atoms with E-state index >= 15 is 0 Å². The largest absolute Gasteiger partial charge is 0.271 e. The molecule has 2 aromatic carbocycles. The molecule has 3 N–H and O–H groups in total. The number of hydrazine groups is 1. The van der Waals surface area contributed by atoms with Gasteiger partial charge in [0, 0.05) is 11.1 Å². The van der Waals surface area contributed by atoms with Crippen molar-refractivity contribution in [1.82, 2.24) is 5.43 Å². The van der Waals surface area contributed by atoms with Gasteiger partial charge in [-0.2, -0.15) is 0 Å². The van der Waals surface area contributed by atoms with E-state index in [9.17, 15) is 0 Å². The molecule has 0 bridgehead atoms. The third-order valence-corrected chi connectivity index (χ3v) is 4.80. The molecule has 0 amide bonds. The van der Waals surface area contributed by atoms with Crippen molar-refractivity contribution in [2.45, 2.75) is 31.7 Å². The zero-order valence-electron chi connectivity index (χ0n) is 11.6. The number of hydrogen-bond acceptors (Lipinski definition) is 2. The second-order valence-electron chi connectivity index (χ2n) is 5.53. The SMILES string of the molecule is Cc1cccc(C(CC2Cc3ccccc32)NN)c1Cl. The lowest BCUT2D eigenvalue weighted by atomic mass is 9.74. The minimum atomic E-state index is 0.0979. The van der Waals surface area contributed by atoms with Crippen LogP contribution < -0.4 is 11.3 Å². The number of hydrogen-bond donors (Lipinski definition) is 2. The summed E-state index contributed by atoms with van der Waals surface area (Å²) in [5.74, 6) is 6.34. The van der Waals surface area contributed by atoms with Crippen molar-refractivity contribution in [3.8, 4) is 0 Å². The molecule has 0 aromatic heterocycles. The lowest BCUT2D eigenvalue weighted by molar-refractivity contribution is 0.435. The first-order chi connectivity index (χ1) is 9.70. The molecule has 2 unspecified atom stereocenters. The monoisotopic (exact) mass is 286 g/mol. The number of nitrogens with one attached hydrogen (secondary N) is 1. The van der Waals surface area contributed by atoms with Gasteiger partial charge < -0.3 is 0 Å². The maximum absolute atomic E-state index is 6.42. The fraction of sp³-hybridized carbons (Fsp3) is 0.294. The third-order valence-electron chi connectivity index (χ3n) is 4.28. The van der Waals surface area contributed by atoms with Crippen LogP contribution in [0.15, 0.2) is 42.5 Å². The van der Waals surface area contributed by atoms with E-state index in [2.05, 4.69) is 35.8 Å². The smallest absolute Gasteiger partial charge is 0.0483 e. The molecule has 20 heavy (non-hydrogen) atoms. The Morgan fingerprint density at radius 1 is 1.25 bits per heavy atom. The maximum Gasteiger partial charge on any atom is 0.0483 e. The summed E-state index contributed by atoms with van der Waals surface area (Å²) in [5.41, 5.74) is 8.04. The van der Waals surface area contributed by atoms with E-state index in [1.54, 1.807) is 0 Å². The molecule has 2 aromatic rings. The third kappa shape index (κ3) is 2.35. The quantitative estimate of drug-likeness (QED) is 0.661. The van der Waals surface area contributed by atoms with Crippen LogP contribution in [0.25, 0.3) is 0 Å². The lowest BCUT2D eigenvalue weighted by Crippen LogP contribution is -2.31. The Labute approximate surface area is 124 Å². The Morgan fingerprint density at radius 3 is 2.80 bits per heavy atom. The van der Waals surface area contributed by atoms with Crippen LogP contribution in [0.1, 0.15) is 40.6 Å². The molecule has 0 heterocycles. The van der Waals surface area contributed by atoms with Gasteiger partial charge in [-0.25, -0.2) is 0 Å². The molecule has 0 spiro atoms. The number of fused-ring (bicyclic) bond motifs is 1. The Bertz CT molecular complexity index is 624. The van der Waals surface area contributed by atoms with E-state index in [0.717, 1.165) is 29.0 Å². The zero-order valence-corrected chi connectivity index (χ0v) is 12.3. The molecular formula is C17H19ClN2. The standard InChI is InChI=1S/C17H19ClN2/c1-11-5-4-8-15(17(11)18)16(20-19)10-13-9-12-6-2-3-7-14(12)13/h2-8,13,16,20H,9-10,19H2,1H3. The Kier molecular flexibility index (Phi) is 3.79. The molecule has 0 aliphatic heterocycles. The van der Waals surface area contributed by atoms with E-state index in [1.165, 1.54) is 11.1 Å². The lowest BCUT2D eigenvalue weighted by Gasteiger charge is -2.33. The molecule has 104 valence electrons. The normalized spacial score (nSPS) is 18.2. The Balaban J connectivity index is 1.81. The van der Waals surface area contributed by atoms with E-state index in [1.807, 2.05) is 19.1 Å². The predicted octanol–water partition coefficient (Wildman–Crippen LogP) is 3.88. The van der Waals surface area contributed by atoms with Crippen molar-refractivity contribution in [3.05, 3.63) is 69.7 Å². The van der Waals surface area contributed by atoms with E-state index in [-0.39, 0.29) is 6.04 Å². The van der Waals surface area contributed by atoms with E-state index in [0.29, 0.717) is 5.92 Å². The molecule has 1 aliphatic rings. The highest BCUT2D eigenvalue weighted by Crippen LogP contribution is 2.41. The summed E-state index contributed by atoms with van der Waals surface area (Å²) >= 11 is 6.42. The summed E-state index contributed by atoms with van der Waals surface area (Å²) in [6, 6.07) is 14.9. The summed E-state index contributed by atoms with van der Waals surface area (Å²) in [7, 11) is 0. The number of halogens is 1. The van der Waals surface area contributed by atoms with Crippen LogP contribution in [0.4, 0.5) is 0 Å². The molecule has 3 heteroatoms. The first-order valence-electron chi connectivity index (χ1n) is 6.99. The molecule has 3 rings (SSSR count). The van der Waals surface area contributed by atoms with Gasteiger partial charge in [-0.15, -0.1) is 0 Å². The summed E-state index contributed by atoms with van der Waals surface area (Å²) in [6.07, 6.45) is 2.12. The van der Waals surface area contributed by atoms with Crippen LogP contribution in [0.5, 0.6) is 0 Å². The summed E-state index contributed by atoms with van der Waals surface area (Å²) in [6.45, 7) is 2.03. The van der Waals surface area contributed by atoms with Crippen LogP contribution in [0, 0.1) is 6.92 Å². The highest BCUT2D eigenvalue weighted by atomic mass is 35.5. The fourth-order valence-corrected chi connectivity index (χ4v) is 3.34. The molecule has 0 fully saturated rings. The summed E-state index contributed by atoms with van der Waals surface area (Å²) in [4.78, 5) is 0. The number of benzene rings is 2. The van der Waals surface area contributed by atoms with E-state index < -0.39 is 0 Å². The number of aryl methyl sites for hydroxylation is 1. The van der Waals surface area contributed by atoms with Crippen molar-refractivity contribution >= 4 is 11.6 Å². The summed E-state index contributed by atoms with van der Waals surface area (Å²) in [5, 5.41) is 0.822. The van der Waals surface area contributed by atoms with Crippen LogP contribution in [0.2, 0.25) is 5.02 Å². The number of nitrogens with two attached hydrogens (primary N) is 1. The van der Waals surface area contributed by atoms with Gasteiger partial charge in [0.25, 0.3) is 0 Å². The minimum Gasteiger partial charge on any atom is -0.271 e. The predicted molar refractivity (Wildman–Crippen MR) is 83.8 cm³/mol. The molecule has 2 atom stereocenters. The molecule has 0 saturated heterocycles. The van der Waals surface area contributed by atoms with Crippen LogP contribution in [0.3, 0.4) is 0 Å². The second kappa shape index (κ2) is 5.57. The van der Waals surface area contributed by atoms with Gasteiger partial charge in [0.05, 0.1) is 0 Å². The van der Waals surface area contributed by atoms with Gasteiger partial charge in [-0.3, -0.25) is 11.3 Å². The topological polar surface area (TPSA) is 38.0 Å². The highest BCUT2D eigenvalue weighted by molar-refractivity contribution is 6.32. The van der Waals surface area contributed by atoms with Crippen molar-refractivity contribution < 1.29 is 0 Å². The summed E-state index contributed by atoms with van der Waals surface area (Å²) < 4.78 is 0. The maximum atomic E-state index is 6.42. The highest BCUT2D eigenvalue weighted by Gasteiger charge is 2.29. The average Bonchev–Trinajstić information content (AvgIpc) is 2.44. The molecular weight excluding hydrogens is 268 g/mol. The van der Waals surface area contributed by atoms with Gasteiger partial charge in [-0.05, 0) is 47.9 Å². The zero-order chi connectivity index (χ0) is 14.1. The van der Waals surface area contributed by atoms with Crippen molar-refractivity contribution in [2.24, 2.45) is 5.84 Å². The molecule has 2 nitrogen and oxygen atoms in total. The van der Waals surface area contributed by atoms with Gasteiger partial charge in [-0.1, -0.05) is 54.1 Å². The van der Waals surface area contributed by atoms with Crippen molar-refractivity contribution in [3.63, 3.8) is 0 Å². The Hall–Kier alpha value is -1.35. The minimum absolute atomic E-state index is 0.0979. The number of rotatable bonds is 4. The van der Waals surface area contributed by atoms with Crippen molar-refractivity contribution in [1.29, 1.82) is 0 Å². The van der Waals surface area contributed by atoms with Gasteiger partial charge in [0.2, 0.25) is 0 Å². The molecule has 1 aliphatic carbocycles. The first-order valence-corrected chi connectivity index (χ1v) is 7.37. The molecule has 0 saturated carbocycles. The first kappa shape index (κ1) is 13.6. The second-order valence-corrected chi connectivity index (χ2v) is 5.91. The van der Waals surface area contributed by atoms with Gasteiger partial charge in [0.1, 0.15) is 0 Å². The fourth-order valence-electron chi connectivity index (χ4n) is 3.08. The van der Waals surface area contributed by atoms with Crippen LogP contribution in [-0.4, -0.2) is 0 Å². The average molecular weight is 287 g/mol. The van der Waals surface area contributed by atoms with Gasteiger partial charge >= 0.3 is 0 Å². The molecule has 0 radical (unpaired) electrons.